The van der Waals surface area contributed by atoms with E-state index in [0.29, 0.717) is 27.8 Å². The molecule has 130 valence electrons. The van der Waals surface area contributed by atoms with Crippen molar-refractivity contribution in [3.05, 3.63) is 70.1 Å². The van der Waals surface area contributed by atoms with Crippen LogP contribution in [-0.4, -0.2) is 35.4 Å². The fourth-order valence-electron chi connectivity index (χ4n) is 2.36. The van der Waals surface area contributed by atoms with Crippen molar-refractivity contribution in [1.82, 2.24) is 9.63 Å². The second-order valence-electron chi connectivity index (χ2n) is 5.19. The van der Waals surface area contributed by atoms with Crippen molar-refractivity contribution < 1.29 is 9.63 Å². The first-order valence-electron chi connectivity index (χ1n) is 7.37. The highest BCUT2D eigenvalue weighted by Crippen LogP contribution is 2.14. The summed E-state index contributed by atoms with van der Waals surface area (Å²) in [6.07, 6.45) is 3.11. The lowest BCUT2D eigenvalue weighted by atomic mass is 10.1. The number of hydrogen-bond acceptors (Lipinski definition) is 4. The second kappa shape index (κ2) is 8.04. The molecule has 1 aromatic carbocycles. The third kappa shape index (κ3) is 4.12. The van der Waals surface area contributed by atoms with Crippen LogP contribution in [-0.2, 0) is 11.4 Å². The Labute approximate surface area is 153 Å². The van der Waals surface area contributed by atoms with E-state index in [1.165, 1.54) is 20.4 Å². The SMILES string of the molecule is C=C/C(Cn1cc(C(=O)N(C)OC)c(=O)c2ccccc21)=N\C(=C)Br. The molecule has 0 saturated carbocycles. The maximum absolute atomic E-state index is 12.7. The number of carbonyl (C=O) groups excluding carboxylic acids is 1. The average molecular weight is 404 g/mol. The summed E-state index contributed by atoms with van der Waals surface area (Å²) in [7, 11) is 2.81. The molecule has 0 fully saturated rings. The van der Waals surface area contributed by atoms with E-state index in [9.17, 15) is 9.59 Å². The summed E-state index contributed by atoms with van der Waals surface area (Å²) in [6, 6.07) is 7.08. The second-order valence-corrected chi connectivity index (χ2v) is 6.10. The van der Waals surface area contributed by atoms with E-state index < -0.39 is 5.91 Å². The van der Waals surface area contributed by atoms with Crippen LogP contribution in [0.4, 0.5) is 0 Å². The highest BCUT2D eigenvalue weighted by Gasteiger charge is 2.19. The first-order valence-corrected chi connectivity index (χ1v) is 8.17. The Morgan fingerprint density at radius 2 is 2.12 bits per heavy atom. The van der Waals surface area contributed by atoms with Gasteiger partial charge in [0.25, 0.3) is 5.91 Å². The normalized spacial score (nSPS) is 11.4. The van der Waals surface area contributed by atoms with E-state index >= 15 is 0 Å². The standard InChI is InChI=1S/C18H18BrN3O3/c1-5-13(20-12(2)19)10-22-11-15(18(24)21(3)25-4)17(23)14-8-6-7-9-16(14)22/h5-9,11H,1-2,10H2,3-4H3/b20-13+. The van der Waals surface area contributed by atoms with Crippen molar-refractivity contribution >= 4 is 38.5 Å². The number of carbonyl (C=O) groups is 1. The van der Waals surface area contributed by atoms with Crippen LogP contribution < -0.4 is 5.43 Å². The van der Waals surface area contributed by atoms with E-state index in [0.717, 1.165) is 5.06 Å². The molecule has 0 N–H and O–H groups in total. The summed E-state index contributed by atoms with van der Waals surface area (Å²) in [6.45, 7) is 7.76. The molecule has 7 heteroatoms. The van der Waals surface area contributed by atoms with E-state index in [1.54, 1.807) is 22.8 Å². The number of benzene rings is 1. The van der Waals surface area contributed by atoms with Gasteiger partial charge in [-0.1, -0.05) is 25.3 Å². The molecule has 0 atom stereocenters. The fourth-order valence-corrected chi connectivity index (χ4v) is 2.58. The molecule has 6 nitrogen and oxygen atoms in total. The predicted octanol–water partition coefficient (Wildman–Crippen LogP) is 3.13. The minimum Gasteiger partial charge on any atom is -0.340 e. The summed E-state index contributed by atoms with van der Waals surface area (Å²) < 4.78 is 2.24. The third-order valence-corrected chi connectivity index (χ3v) is 3.79. The highest BCUT2D eigenvalue weighted by molar-refractivity contribution is 9.11. The van der Waals surface area contributed by atoms with Gasteiger partial charge in [-0.05, 0) is 34.1 Å². The van der Waals surface area contributed by atoms with Gasteiger partial charge in [0.1, 0.15) is 5.56 Å². The maximum atomic E-state index is 12.7. The molecule has 1 heterocycles. The Morgan fingerprint density at radius 3 is 2.72 bits per heavy atom. The molecule has 2 aromatic rings. The molecule has 1 aromatic heterocycles. The van der Waals surface area contributed by atoms with Crippen LogP contribution in [0, 0.1) is 0 Å². The van der Waals surface area contributed by atoms with Gasteiger partial charge >= 0.3 is 0 Å². The average Bonchev–Trinajstić information content (AvgIpc) is 2.61. The molecule has 25 heavy (non-hydrogen) atoms. The van der Waals surface area contributed by atoms with Gasteiger partial charge in [0.05, 0.1) is 29.5 Å². The number of hydrogen-bond donors (Lipinski definition) is 0. The van der Waals surface area contributed by atoms with E-state index in [1.807, 2.05) is 12.1 Å². The van der Waals surface area contributed by atoms with Crippen molar-refractivity contribution in [2.75, 3.05) is 14.2 Å². The van der Waals surface area contributed by atoms with Crippen LogP contribution >= 0.6 is 15.9 Å². The Bertz CT molecular complexity index is 931. The number of halogens is 1. The van der Waals surface area contributed by atoms with Gasteiger partial charge in [-0.15, -0.1) is 0 Å². The summed E-state index contributed by atoms with van der Waals surface area (Å²) in [5, 5.41) is 1.46. The molecular weight excluding hydrogens is 386 g/mol. The Morgan fingerprint density at radius 1 is 1.44 bits per heavy atom. The lowest BCUT2D eigenvalue weighted by Crippen LogP contribution is -2.31. The van der Waals surface area contributed by atoms with Gasteiger partial charge in [-0.2, -0.15) is 0 Å². The summed E-state index contributed by atoms with van der Waals surface area (Å²) in [5.74, 6) is -0.519. The molecule has 0 aliphatic carbocycles. The van der Waals surface area contributed by atoms with Crippen molar-refractivity contribution in [3.63, 3.8) is 0 Å². The monoisotopic (exact) mass is 403 g/mol. The van der Waals surface area contributed by atoms with Gasteiger partial charge in [0.15, 0.2) is 0 Å². The molecule has 0 radical (unpaired) electrons. The number of aliphatic imine (C=N–C) groups is 1. The molecule has 0 spiro atoms. The third-order valence-electron chi connectivity index (χ3n) is 3.61. The number of amides is 1. The van der Waals surface area contributed by atoms with Crippen LogP contribution in [0.15, 0.2) is 64.1 Å². The fraction of sp³-hybridized carbons (Fsp3) is 0.167. The number of fused-ring (bicyclic) bond motifs is 1. The minimum atomic E-state index is -0.519. The first-order chi connectivity index (χ1) is 11.9. The number of hydroxylamine groups is 2. The van der Waals surface area contributed by atoms with Crippen molar-refractivity contribution in [1.29, 1.82) is 0 Å². The van der Waals surface area contributed by atoms with E-state index in [-0.39, 0.29) is 11.0 Å². The molecule has 0 aliphatic rings. The number of para-hydroxylation sites is 1. The van der Waals surface area contributed by atoms with Crippen LogP contribution in [0.25, 0.3) is 10.9 Å². The summed E-state index contributed by atoms with van der Waals surface area (Å²) >= 11 is 3.19. The lowest BCUT2D eigenvalue weighted by Gasteiger charge is -2.16. The zero-order valence-corrected chi connectivity index (χ0v) is 15.6. The molecular formula is C18H18BrN3O3. The number of pyridine rings is 1. The smallest absolute Gasteiger partial charge is 0.282 e. The summed E-state index contributed by atoms with van der Waals surface area (Å²) in [5.41, 5.74) is 1.000. The van der Waals surface area contributed by atoms with Gasteiger partial charge in [-0.3, -0.25) is 14.4 Å². The van der Waals surface area contributed by atoms with Gasteiger partial charge < -0.3 is 4.57 Å². The summed E-state index contributed by atoms with van der Waals surface area (Å²) in [4.78, 5) is 34.3. The number of nitrogens with zero attached hydrogens (tertiary/aromatic N) is 3. The van der Waals surface area contributed by atoms with Gasteiger partial charge in [0, 0.05) is 18.6 Å². The molecule has 0 bridgehead atoms. The van der Waals surface area contributed by atoms with Crippen molar-refractivity contribution in [2.45, 2.75) is 6.54 Å². The van der Waals surface area contributed by atoms with Gasteiger partial charge in [0.2, 0.25) is 5.43 Å². The highest BCUT2D eigenvalue weighted by atomic mass is 79.9. The minimum absolute atomic E-state index is 0.0177. The Hall–Kier alpha value is -2.51. The van der Waals surface area contributed by atoms with E-state index in [4.69, 9.17) is 4.84 Å². The van der Waals surface area contributed by atoms with Gasteiger partial charge in [-0.25, -0.2) is 10.1 Å². The number of allylic oxidation sites excluding steroid dienone is 1. The van der Waals surface area contributed by atoms with Crippen LogP contribution in [0.5, 0.6) is 0 Å². The molecule has 0 saturated heterocycles. The molecule has 0 unspecified atom stereocenters. The lowest BCUT2D eigenvalue weighted by molar-refractivity contribution is -0.0758. The zero-order valence-electron chi connectivity index (χ0n) is 14.0. The number of aromatic nitrogens is 1. The quantitative estimate of drug-likeness (QED) is 0.422. The predicted molar refractivity (Wildman–Crippen MR) is 103 cm³/mol. The van der Waals surface area contributed by atoms with Crippen LogP contribution in [0.2, 0.25) is 0 Å². The van der Waals surface area contributed by atoms with Crippen LogP contribution in [0.3, 0.4) is 0 Å². The van der Waals surface area contributed by atoms with Crippen LogP contribution in [0.1, 0.15) is 10.4 Å². The first kappa shape index (κ1) is 18.8. The topological polar surface area (TPSA) is 63.9 Å². The largest absolute Gasteiger partial charge is 0.340 e. The maximum Gasteiger partial charge on any atom is 0.282 e. The number of rotatable bonds is 6. The Kier molecular flexibility index (Phi) is 6.06. The van der Waals surface area contributed by atoms with Crippen molar-refractivity contribution in [2.24, 2.45) is 4.99 Å². The molecule has 1 amide bonds. The van der Waals surface area contributed by atoms with E-state index in [2.05, 4.69) is 34.1 Å². The Balaban J connectivity index is 2.69. The van der Waals surface area contributed by atoms with Crippen molar-refractivity contribution in [3.8, 4) is 0 Å². The zero-order chi connectivity index (χ0) is 18.6. The molecule has 2 rings (SSSR count). The molecule has 0 aliphatic heterocycles.